The Balaban J connectivity index is 1.95. The first kappa shape index (κ1) is 13.0. The van der Waals surface area contributed by atoms with Crippen LogP contribution in [0, 0.1) is 0 Å². The highest BCUT2D eigenvalue weighted by molar-refractivity contribution is 9.10. The fraction of sp³-hybridized carbons (Fsp3) is 0.200. The van der Waals surface area contributed by atoms with Gasteiger partial charge in [-0.3, -0.25) is 0 Å². The van der Waals surface area contributed by atoms with Crippen LogP contribution in [0.25, 0.3) is 5.32 Å². The van der Waals surface area contributed by atoms with Crippen molar-refractivity contribution in [2.45, 2.75) is 6.54 Å². The largest absolute Gasteiger partial charge is 0.681 e. The molecular formula is C15H16BrN2-. The van der Waals surface area contributed by atoms with Gasteiger partial charge >= 0.3 is 0 Å². The van der Waals surface area contributed by atoms with Gasteiger partial charge in [0.05, 0.1) is 0 Å². The normalized spacial score (nSPS) is 10.2. The van der Waals surface area contributed by atoms with E-state index in [4.69, 9.17) is 0 Å². The lowest BCUT2D eigenvalue weighted by Gasteiger charge is -2.22. The topological polar surface area (TPSA) is 17.3 Å². The number of rotatable bonds is 4. The van der Waals surface area contributed by atoms with Crippen LogP contribution in [-0.2, 0) is 6.54 Å². The summed E-state index contributed by atoms with van der Waals surface area (Å²) in [6, 6.07) is 16.5. The van der Waals surface area contributed by atoms with Gasteiger partial charge in [-0.1, -0.05) is 45.8 Å². The van der Waals surface area contributed by atoms with Crippen molar-refractivity contribution in [1.29, 1.82) is 0 Å². The molecule has 0 atom stereocenters. The highest BCUT2D eigenvalue weighted by Crippen LogP contribution is 2.23. The summed E-state index contributed by atoms with van der Waals surface area (Å²) in [7, 11) is 4.09. The number of halogens is 1. The minimum absolute atomic E-state index is 0.718. The Morgan fingerprint density at radius 1 is 0.944 bits per heavy atom. The van der Waals surface area contributed by atoms with Crippen LogP contribution in [0.1, 0.15) is 5.56 Å². The monoisotopic (exact) mass is 303 g/mol. The molecule has 0 amide bonds. The Labute approximate surface area is 117 Å². The molecule has 0 spiro atoms. The van der Waals surface area contributed by atoms with E-state index in [9.17, 15) is 0 Å². The van der Waals surface area contributed by atoms with E-state index in [0.29, 0.717) is 0 Å². The van der Waals surface area contributed by atoms with E-state index >= 15 is 0 Å². The van der Waals surface area contributed by atoms with E-state index in [1.54, 1.807) is 0 Å². The Morgan fingerprint density at radius 2 is 1.56 bits per heavy atom. The molecular weight excluding hydrogens is 288 g/mol. The Morgan fingerprint density at radius 3 is 2.11 bits per heavy atom. The SMILES string of the molecule is CN(C)c1ccc(C[N-]c2ccc(Br)cc2)cc1. The molecule has 0 heterocycles. The van der Waals surface area contributed by atoms with Crippen LogP contribution < -0.4 is 4.90 Å². The molecule has 0 saturated carbocycles. The van der Waals surface area contributed by atoms with Gasteiger partial charge in [-0.2, -0.15) is 0 Å². The van der Waals surface area contributed by atoms with Gasteiger partial charge in [0.1, 0.15) is 0 Å². The summed E-state index contributed by atoms with van der Waals surface area (Å²) in [5.41, 5.74) is 3.45. The average molecular weight is 304 g/mol. The maximum Gasteiger partial charge on any atom is 0.0361 e. The van der Waals surface area contributed by atoms with E-state index < -0.39 is 0 Å². The van der Waals surface area contributed by atoms with Crippen molar-refractivity contribution < 1.29 is 0 Å². The van der Waals surface area contributed by atoms with Gasteiger partial charge in [0.15, 0.2) is 0 Å². The molecule has 0 fully saturated rings. The molecule has 94 valence electrons. The lowest BCUT2D eigenvalue weighted by Crippen LogP contribution is -2.08. The summed E-state index contributed by atoms with van der Waals surface area (Å²) in [5, 5.41) is 4.56. The second kappa shape index (κ2) is 5.91. The fourth-order valence-corrected chi connectivity index (χ4v) is 1.89. The van der Waals surface area contributed by atoms with Crippen molar-refractivity contribution in [1.82, 2.24) is 0 Å². The van der Waals surface area contributed by atoms with E-state index in [1.165, 1.54) is 11.3 Å². The second-order valence-electron chi connectivity index (χ2n) is 4.35. The molecule has 0 aliphatic heterocycles. The zero-order chi connectivity index (χ0) is 13.0. The van der Waals surface area contributed by atoms with Crippen LogP contribution in [0.4, 0.5) is 11.4 Å². The smallest absolute Gasteiger partial charge is 0.0361 e. The molecule has 2 nitrogen and oxygen atoms in total. The average Bonchev–Trinajstić information content (AvgIpc) is 2.38. The summed E-state index contributed by atoms with van der Waals surface area (Å²) in [6.07, 6.45) is 0. The molecule has 0 saturated heterocycles. The van der Waals surface area contributed by atoms with Crippen molar-refractivity contribution >= 4 is 27.3 Å². The van der Waals surface area contributed by atoms with Crippen molar-refractivity contribution in [3.63, 3.8) is 0 Å². The minimum Gasteiger partial charge on any atom is -0.681 e. The molecule has 0 bridgehead atoms. The molecule has 2 aromatic carbocycles. The summed E-state index contributed by atoms with van der Waals surface area (Å²) < 4.78 is 1.08. The summed E-state index contributed by atoms with van der Waals surface area (Å²) in [5.74, 6) is 0. The Bertz CT molecular complexity index is 489. The summed E-state index contributed by atoms with van der Waals surface area (Å²) in [6.45, 7) is 0.718. The standard InChI is InChI=1S/C15H16BrN2/c1-18(2)15-9-3-12(4-10-15)11-17-14-7-5-13(16)6-8-14/h3-10H,11H2,1-2H3/q-1. The zero-order valence-corrected chi connectivity index (χ0v) is 12.2. The summed E-state index contributed by atoms with van der Waals surface area (Å²) in [4.78, 5) is 2.09. The van der Waals surface area contributed by atoms with Gasteiger partial charge in [-0.15, -0.1) is 12.2 Å². The fourth-order valence-electron chi connectivity index (χ4n) is 1.63. The second-order valence-corrected chi connectivity index (χ2v) is 5.27. The number of benzene rings is 2. The van der Waals surface area contributed by atoms with Gasteiger partial charge in [0.25, 0.3) is 0 Å². The molecule has 0 aliphatic carbocycles. The van der Waals surface area contributed by atoms with Crippen molar-refractivity contribution in [3.8, 4) is 0 Å². The summed E-state index contributed by atoms with van der Waals surface area (Å²) >= 11 is 3.42. The maximum atomic E-state index is 4.56. The van der Waals surface area contributed by atoms with Crippen LogP contribution in [0.5, 0.6) is 0 Å². The lowest BCUT2D eigenvalue weighted by molar-refractivity contribution is 1.12. The van der Waals surface area contributed by atoms with Crippen LogP contribution in [0.3, 0.4) is 0 Å². The first-order valence-electron chi connectivity index (χ1n) is 5.84. The van der Waals surface area contributed by atoms with E-state index in [-0.39, 0.29) is 0 Å². The third kappa shape index (κ3) is 3.50. The van der Waals surface area contributed by atoms with Crippen molar-refractivity contribution in [3.05, 3.63) is 63.9 Å². The highest BCUT2D eigenvalue weighted by Gasteiger charge is 1.93. The Hall–Kier alpha value is -1.48. The van der Waals surface area contributed by atoms with E-state index in [2.05, 4.69) is 50.4 Å². The molecule has 0 radical (unpaired) electrons. The molecule has 3 heteroatoms. The molecule has 18 heavy (non-hydrogen) atoms. The van der Waals surface area contributed by atoms with Crippen molar-refractivity contribution in [2.75, 3.05) is 19.0 Å². The quantitative estimate of drug-likeness (QED) is 0.799. The predicted molar refractivity (Wildman–Crippen MR) is 81.6 cm³/mol. The predicted octanol–water partition coefficient (Wildman–Crippen LogP) is 4.72. The minimum atomic E-state index is 0.718. The third-order valence-electron chi connectivity index (χ3n) is 2.72. The van der Waals surface area contributed by atoms with Gasteiger partial charge in [-0.25, -0.2) is 0 Å². The van der Waals surface area contributed by atoms with Gasteiger partial charge < -0.3 is 10.2 Å². The van der Waals surface area contributed by atoms with E-state index in [1.807, 2.05) is 38.4 Å². The van der Waals surface area contributed by atoms with E-state index in [0.717, 1.165) is 16.7 Å². The molecule has 0 aromatic heterocycles. The van der Waals surface area contributed by atoms with Gasteiger partial charge in [0.2, 0.25) is 0 Å². The Kier molecular flexibility index (Phi) is 4.26. The third-order valence-corrected chi connectivity index (χ3v) is 3.25. The first-order chi connectivity index (χ1) is 8.65. The highest BCUT2D eigenvalue weighted by atomic mass is 79.9. The number of nitrogens with zero attached hydrogens (tertiary/aromatic N) is 2. The number of anilines is 1. The van der Waals surface area contributed by atoms with Crippen LogP contribution >= 0.6 is 15.9 Å². The first-order valence-corrected chi connectivity index (χ1v) is 6.64. The van der Waals surface area contributed by atoms with Crippen molar-refractivity contribution in [2.24, 2.45) is 0 Å². The van der Waals surface area contributed by atoms with Crippen LogP contribution in [-0.4, -0.2) is 14.1 Å². The zero-order valence-electron chi connectivity index (χ0n) is 10.6. The lowest BCUT2D eigenvalue weighted by atomic mass is 10.2. The number of hydrogen-bond donors (Lipinski definition) is 0. The van der Waals surface area contributed by atoms with Gasteiger partial charge in [-0.05, 0) is 24.3 Å². The molecule has 2 rings (SSSR count). The van der Waals surface area contributed by atoms with Crippen LogP contribution in [0.2, 0.25) is 0 Å². The molecule has 0 N–H and O–H groups in total. The van der Waals surface area contributed by atoms with Crippen LogP contribution in [0.15, 0.2) is 53.0 Å². The molecule has 0 aliphatic rings. The maximum absolute atomic E-state index is 4.56. The molecule has 2 aromatic rings. The number of hydrogen-bond acceptors (Lipinski definition) is 1. The van der Waals surface area contributed by atoms with Gasteiger partial charge in [0, 0.05) is 24.3 Å². The molecule has 0 unspecified atom stereocenters.